The first-order valence-corrected chi connectivity index (χ1v) is 7.89. The molecule has 6 heteroatoms. The van der Waals surface area contributed by atoms with E-state index in [9.17, 15) is 4.79 Å². The van der Waals surface area contributed by atoms with Crippen LogP contribution in [0, 0.1) is 0 Å². The summed E-state index contributed by atoms with van der Waals surface area (Å²) >= 11 is 3.37. The molecule has 0 saturated heterocycles. The number of nitrogens with zero attached hydrogens (tertiary/aromatic N) is 1. The largest absolute Gasteiger partial charge is 0.478 e. The third-order valence-electron chi connectivity index (χ3n) is 3.25. The Morgan fingerprint density at radius 1 is 1.12 bits per heavy atom. The van der Waals surface area contributed by atoms with Gasteiger partial charge in [-0.3, -0.25) is 5.43 Å². The van der Waals surface area contributed by atoms with Crippen LogP contribution >= 0.6 is 15.9 Å². The molecule has 0 atom stereocenters. The zero-order chi connectivity index (χ0) is 16.9. The number of benzene rings is 2. The van der Waals surface area contributed by atoms with Crippen molar-refractivity contribution in [1.82, 2.24) is 0 Å². The molecule has 1 heterocycles. The fraction of sp³-hybridized carbons (Fsp3) is 0. The van der Waals surface area contributed by atoms with Crippen LogP contribution in [-0.4, -0.2) is 17.3 Å². The van der Waals surface area contributed by atoms with Gasteiger partial charge >= 0.3 is 5.97 Å². The van der Waals surface area contributed by atoms with Crippen LogP contribution in [0.5, 0.6) is 0 Å². The van der Waals surface area contributed by atoms with Gasteiger partial charge in [-0.2, -0.15) is 5.10 Å². The highest BCUT2D eigenvalue weighted by Gasteiger charge is 2.07. The quantitative estimate of drug-likeness (QED) is 0.486. The van der Waals surface area contributed by atoms with Crippen molar-refractivity contribution in [2.24, 2.45) is 5.10 Å². The van der Waals surface area contributed by atoms with Gasteiger partial charge in [-0.15, -0.1) is 0 Å². The van der Waals surface area contributed by atoms with Gasteiger partial charge in [0.25, 0.3) is 0 Å². The Bertz CT molecular complexity index is 885. The number of rotatable bonds is 5. The molecular formula is C18H13BrN2O3. The molecule has 0 saturated carbocycles. The summed E-state index contributed by atoms with van der Waals surface area (Å²) in [5, 5.41) is 13.2. The Morgan fingerprint density at radius 3 is 2.67 bits per heavy atom. The molecule has 0 aliphatic rings. The minimum atomic E-state index is -0.969. The SMILES string of the molecule is O=C(O)c1cccc(-c2ccc(/C=N\Nc3ccc(Br)cc3)o2)c1. The van der Waals surface area contributed by atoms with Crippen molar-refractivity contribution in [3.05, 3.63) is 76.5 Å². The summed E-state index contributed by atoms with van der Waals surface area (Å²) in [4.78, 5) is 11.0. The van der Waals surface area contributed by atoms with Crippen LogP contribution in [0.2, 0.25) is 0 Å². The molecule has 0 bridgehead atoms. The van der Waals surface area contributed by atoms with Crippen molar-refractivity contribution in [3.63, 3.8) is 0 Å². The zero-order valence-electron chi connectivity index (χ0n) is 12.4. The van der Waals surface area contributed by atoms with Crippen LogP contribution in [-0.2, 0) is 0 Å². The van der Waals surface area contributed by atoms with E-state index in [1.165, 1.54) is 0 Å². The van der Waals surface area contributed by atoms with Crippen molar-refractivity contribution in [2.75, 3.05) is 5.43 Å². The maximum Gasteiger partial charge on any atom is 0.335 e. The number of hydrogen-bond donors (Lipinski definition) is 2. The number of carbonyl (C=O) groups is 1. The van der Waals surface area contributed by atoms with E-state index in [2.05, 4.69) is 26.5 Å². The number of hydrazone groups is 1. The van der Waals surface area contributed by atoms with Gasteiger partial charge in [0.05, 0.1) is 17.5 Å². The van der Waals surface area contributed by atoms with E-state index in [-0.39, 0.29) is 5.56 Å². The number of hydrogen-bond acceptors (Lipinski definition) is 4. The Morgan fingerprint density at radius 2 is 1.92 bits per heavy atom. The molecule has 0 fully saturated rings. The van der Waals surface area contributed by atoms with Gasteiger partial charge in [0.1, 0.15) is 11.5 Å². The number of halogens is 1. The summed E-state index contributed by atoms with van der Waals surface area (Å²) in [5.41, 5.74) is 4.68. The van der Waals surface area contributed by atoms with Crippen LogP contribution < -0.4 is 5.43 Å². The number of aromatic carboxylic acids is 1. The first-order chi connectivity index (χ1) is 11.6. The van der Waals surface area contributed by atoms with Crippen molar-refractivity contribution in [2.45, 2.75) is 0 Å². The smallest absolute Gasteiger partial charge is 0.335 e. The molecule has 0 amide bonds. The Balaban J connectivity index is 1.71. The minimum absolute atomic E-state index is 0.219. The van der Waals surface area contributed by atoms with Gasteiger partial charge in [-0.25, -0.2) is 4.79 Å². The monoisotopic (exact) mass is 384 g/mol. The van der Waals surface area contributed by atoms with Crippen LogP contribution in [0.25, 0.3) is 11.3 Å². The second kappa shape index (κ2) is 7.14. The molecule has 3 aromatic rings. The zero-order valence-corrected chi connectivity index (χ0v) is 14.0. The fourth-order valence-electron chi connectivity index (χ4n) is 2.08. The molecule has 3 rings (SSSR count). The van der Waals surface area contributed by atoms with Crippen LogP contribution in [0.3, 0.4) is 0 Å². The minimum Gasteiger partial charge on any atom is -0.478 e. The molecule has 0 aliphatic heterocycles. The van der Waals surface area contributed by atoms with Gasteiger partial charge in [-0.1, -0.05) is 28.1 Å². The molecule has 1 aromatic heterocycles. The molecule has 24 heavy (non-hydrogen) atoms. The maximum absolute atomic E-state index is 11.0. The lowest BCUT2D eigenvalue weighted by Gasteiger charge is -1.99. The highest BCUT2D eigenvalue weighted by atomic mass is 79.9. The molecule has 2 N–H and O–H groups in total. The van der Waals surface area contributed by atoms with Gasteiger partial charge in [-0.05, 0) is 48.5 Å². The van der Waals surface area contributed by atoms with E-state index in [1.54, 1.807) is 42.6 Å². The highest BCUT2D eigenvalue weighted by molar-refractivity contribution is 9.10. The van der Waals surface area contributed by atoms with E-state index in [1.807, 2.05) is 24.3 Å². The second-order valence-electron chi connectivity index (χ2n) is 4.96. The van der Waals surface area contributed by atoms with Gasteiger partial charge in [0, 0.05) is 10.0 Å². The van der Waals surface area contributed by atoms with E-state index in [0.29, 0.717) is 17.1 Å². The first kappa shape index (κ1) is 16.0. The lowest BCUT2D eigenvalue weighted by Crippen LogP contribution is -1.95. The van der Waals surface area contributed by atoms with Crippen LogP contribution in [0.4, 0.5) is 5.69 Å². The first-order valence-electron chi connectivity index (χ1n) is 7.10. The normalized spacial score (nSPS) is 10.9. The standard InChI is InChI=1S/C18H13BrN2O3/c19-14-4-6-15(7-5-14)21-20-11-16-8-9-17(24-16)12-2-1-3-13(10-12)18(22)23/h1-11,21H,(H,22,23)/b20-11-. The number of carboxylic acid groups (broad SMARTS) is 1. The second-order valence-corrected chi connectivity index (χ2v) is 5.88. The van der Waals surface area contributed by atoms with E-state index in [0.717, 1.165) is 10.2 Å². The average Bonchev–Trinajstić information content (AvgIpc) is 3.06. The topological polar surface area (TPSA) is 74.8 Å². The van der Waals surface area contributed by atoms with Crippen molar-refractivity contribution < 1.29 is 14.3 Å². The number of carboxylic acids is 1. The third-order valence-corrected chi connectivity index (χ3v) is 3.78. The predicted molar refractivity (Wildman–Crippen MR) is 96.5 cm³/mol. The van der Waals surface area contributed by atoms with Crippen molar-refractivity contribution >= 4 is 33.8 Å². The van der Waals surface area contributed by atoms with Crippen LogP contribution in [0.1, 0.15) is 16.1 Å². The summed E-state index contributed by atoms with van der Waals surface area (Å²) in [7, 11) is 0. The van der Waals surface area contributed by atoms with Gasteiger partial charge < -0.3 is 9.52 Å². The molecule has 0 radical (unpaired) electrons. The molecule has 0 spiro atoms. The summed E-state index contributed by atoms with van der Waals surface area (Å²) < 4.78 is 6.67. The van der Waals surface area contributed by atoms with E-state index < -0.39 is 5.97 Å². The molecule has 2 aromatic carbocycles. The van der Waals surface area contributed by atoms with Crippen LogP contribution in [0.15, 0.2) is 74.7 Å². The highest BCUT2D eigenvalue weighted by Crippen LogP contribution is 2.22. The van der Waals surface area contributed by atoms with Gasteiger partial charge in [0.15, 0.2) is 0 Å². The molecular weight excluding hydrogens is 372 g/mol. The van der Waals surface area contributed by atoms with Crippen molar-refractivity contribution in [3.8, 4) is 11.3 Å². The average molecular weight is 385 g/mol. The van der Waals surface area contributed by atoms with Crippen molar-refractivity contribution in [1.29, 1.82) is 0 Å². The molecule has 120 valence electrons. The van der Waals surface area contributed by atoms with Gasteiger partial charge in [0.2, 0.25) is 0 Å². The number of anilines is 1. The predicted octanol–water partition coefficient (Wildman–Crippen LogP) is 4.85. The number of nitrogens with one attached hydrogen (secondary N) is 1. The van der Waals surface area contributed by atoms with E-state index >= 15 is 0 Å². The summed E-state index contributed by atoms with van der Waals surface area (Å²) in [5.74, 6) is 0.183. The molecule has 5 nitrogen and oxygen atoms in total. The lowest BCUT2D eigenvalue weighted by molar-refractivity contribution is 0.0697. The third kappa shape index (κ3) is 3.91. The Labute approximate surface area is 146 Å². The summed E-state index contributed by atoms with van der Waals surface area (Å²) in [6, 6.07) is 17.8. The Hall–Kier alpha value is -2.86. The molecule has 0 unspecified atom stereocenters. The molecule has 0 aliphatic carbocycles. The fourth-order valence-corrected chi connectivity index (χ4v) is 2.34. The lowest BCUT2D eigenvalue weighted by atomic mass is 10.1. The van der Waals surface area contributed by atoms with E-state index in [4.69, 9.17) is 9.52 Å². The summed E-state index contributed by atoms with van der Waals surface area (Å²) in [6.07, 6.45) is 1.56. The maximum atomic E-state index is 11.0. The number of furan rings is 1. The Kier molecular flexibility index (Phi) is 4.77. The summed E-state index contributed by atoms with van der Waals surface area (Å²) in [6.45, 7) is 0.